The van der Waals surface area contributed by atoms with Crippen molar-refractivity contribution < 1.29 is 0 Å². The third-order valence-corrected chi connectivity index (χ3v) is 12.0. The van der Waals surface area contributed by atoms with Gasteiger partial charge < -0.3 is 5.73 Å². The summed E-state index contributed by atoms with van der Waals surface area (Å²) in [6.07, 6.45) is 20.7. The standard InChI is InChI=1S/C34H43N/c35-32-30(28-4-2-1-3-5-28)7-6-29(20-33-14-22-8-23(15-33)10-24(9-22)16-33)31(32)21-34-17-25-11-26(18-34)13-27(12-25)19-34/h1-7,22-27H,8-21,35H2. The average Bonchev–Trinajstić information content (AvgIpc) is 2.80. The Bertz CT molecular complexity index is 1060. The van der Waals surface area contributed by atoms with Gasteiger partial charge in [-0.3, -0.25) is 0 Å². The third-order valence-electron chi connectivity index (χ3n) is 12.0. The first kappa shape index (κ1) is 21.3. The van der Waals surface area contributed by atoms with E-state index >= 15 is 0 Å². The molecule has 2 aromatic rings. The minimum atomic E-state index is 0.536. The van der Waals surface area contributed by atoms with Crippen LogP contribution in [0.5, 0.6) is 0 Å². The lowest BCUT2D eigenvalue weighted by atomic mass is 9.47. The predicted molar refractivity (Wildman–Crippen MR) is 145 cm³/mol. The van der Waals surface area contributed by atoms with Gasteiger partial charge in [-0.25, -0.2) is 0 Å². The summed E-state index contributed by atoms with van der Waals surface area (Å²) in [5.74, 6) is 6.08. The van der Waals surface area contributed by atoms with Crippen molar-refractivity contribution in [2.45, 2.75) is 89.9 Å². The van der Waals surface area contributed by atoms with Crippen LogP contribution in [0.3, 0.4) is 0 Å². The Hall–Kier alpha value is -1.76. The second-order valence-electron chi connectivity index (χ2n) is 14.7. The van der Waals surface area contributed by atoms with Gasteiger partial charge in [0.2, 0.25) is 0 Å². The van der Waals surface area contributed by atoms with Gasteiger partial charge in [0.1, 0.15) is 0 Å². The van der Waals surface area contributed by atoms with Crippen molar-refractivity contribution in [3.63, 3.8) is 0 Å². The second kappa shape index (κ2) is 7.62. The van der Waals surface area contributed by atoms with E-state index in [1.54, 1.807) is 11.1 Å². The number of benzene rings is 2. The Morgan fingerprint density at radius 2 is 1.03 bits per heavy atom. The lowest BCUT2D eigenvalue weighted by molar-refractivity contribution is -0.0553. The molecule has 0 saturated heterocycles. The first-order chi connectivity index (χ1) is 17.0. The Kier molecular flexibility index (Phi) is 4.65. The zero-order valence-corrected chi connectivity index (χ0v) is 21.5. The molecule has 8 saturated carbocycles. The van der Waals surface area contributed by atoms with Crippen LogP contribution >= 0.6 is 0 Å². The highest BCUT2D eigenvalue weighted by molar-refractivity contribution is 5.79. The highest BCUT2D eigenvalue weighted by Gasteiger charge is 2.53. The van der Waals surface area contributed by atoms with Crippen molar-refractivity contribution in [2.24, 2.45) is 46.3 Å². The molecule has 2 aromatic carbocycles. The van der Waals surface area contributed by atoms with E-state index < -0.39 is 0 Å². The van der Waals surface area contributed by atoms with E-state index in [1.165, 1.54) is 101 Å². The number of anilines is 1. The minimum absolute atomic E-state index is 0.536. The van der Waals surface area contributed by atoms with E-state index in [2.05, 4.69) is 42.5 Å². The Morgan fingerprint density at radius 3 is 1.51 bits per heavy atom. The zero-order valence-electron chi connectivity index (χ0n) is 21.5. The highest BCUT2D eigenvalue weighted by atomic mass is 14.6. The largest absolute Gasteiger partial charge is 0.398 e. The fourth-order valence-corrected chi connectivity index (χ4v) is 11.7. The van der Waals surface area contributed by atoms with E-state index in [0.29, 0.717) is 10.8 Å². The molecule has 0 atom stereocenters. The van der Waals surface area contributed by atoms with Crippen LogP contribution in [0, 0.1) is 46.3 Å². The molecule has 0 heterocycles. The molecule has 8 aliphatic carbocycles. The summed E-state index contributed by atoms with van der Waals surface area (Å²) in [4.78, 5) is 0. The molecule has 0 aliphatic heterocycles. The SMILES string of the molecule is Nc1c(-c2ccccc2)ccc(CC23CC4CC(CC(C4)C2)C3)c1CC12CC3CC(CC(C3)C1)C2. The van der Waals surface area contributed by atoms with Gasteiger partial charge in [-0.1, -0.05) is 42.5 Å². The Morgan fingerprint density at radius 1 is 0.571 bits per heavy atom. The number of nitrogens with two attached hydrogens (primary N) is 1. The predicted octanol–water partition coefficient (Wildman–Crippen LogP) is 8.45. The van der Waals surface area contributed by atoms with Crippen molar-refractivity contribution in [3.8, 4) is 11.1 Å². The molecule has 8 aliphatic rings. The fraction of sp³-hybridized carbons (Fsp3) is 0.647. The first-order valence-corrected chi connectivity index (χ1v) is 15.0. The molecule has 10 rings (SSSR count). The summed E-state index contributed by atoms with van der Waals surface area (Å²) < 4.78 is 0. The topological polar surface area (TPSA) is 26.0 Å². The Balaban J connectivity index is 1.19. The maximum atomic E-state index is 7.21. The van der Waals surface area contributed by atoms with Crippen LogP contribution in [0.2, 0.25) is 0 Å². The summed E-state index contributed by atoms with van der Waals surface area (Å²) in [7, 11) is 0. The molecule has 1 heteroatoms. The average molecular weight is 466 g/mol. The molecule has 0 radical (unpaired) electrons. The van der Waals surface area contributed by atoms with Crippen molar-refractivity contribution in [2.75, 3.05) is 5.73 Å². The fourth-order valence-electron chi connectivity index (χ4n) is 11.7. The van der Waals surface area contributed by atoms with Gasteiger partial charge in [-0.05, 0) is 153 Å². The monoisotopic (exact) mass is 465 g/mol. The molecule has 184 valence electrons. The van der Waals surface area contributed by atoms with E-state index in [9.17, 15) is 0 Å². The van der Waals surface area contributed by atoms with Crippen LogP contribution < -0.4 is 5.73 Å². The van der Waals surface area contributed by atoms with Gasteiger partial charge in [0.05, 0.1) is 0 Å². The molecule has 1 nitrogen and oxygen atoms in total. The second-order valence-corrected chi connectivity index (χ2v) is 14.7. The summed E-state index contributed by atoms with van der Waals surface area (Å²) in [5.41, 5.74) is 15.2. The third kappa shape index (κ3) is 3.54. The molecule has 8 bridgehead atoms. The van der Waals surface area contributed by atoms with Gasteiger partial charge in [0, 0.05) is 11.3 Å². The van der Waals surface area contributed by atoms with Gasteiger partial charge >= 0.3 is 0 Å². The van der Waals surface area contributed by atoms with Crippen molar-refractivity contribution in [1.29, 1.82) is 0 Å². The summed E-state index contributed by atoms with van der Waals surface area (Å²) in [6, 6.07) is 15.9. The van der Waals surface area contributed by atoms with Crippen LogP contribution in [-0.2, 0) is 12.8 Å². The summed E-state index contributed by atoms with van der Waals surface area (Å²) >= 11 is 0. The van der Waals surface area contributed by atoms with E-state index in [4.69, 9.17) is 5.73 Å². The van der Waals surface area contributed by atoms with Crippen LogP contribution in [0.1, 0.15) is 88.2 Å². The number of rotatable bonds is 5. The summed E-state index contributed by atoms with van der Waals surface area (Å²) in [5, 5.41) is 0. The van der Waals surface area contributed by atoms with Gasteiger partial charge in [-0.15, -0.1) is 0 Å². The van der Waals surface area contributed by atoms with Crippen LogP contribution in [0.4, 0.5) is 5.69 Å². The smallest absolute Gasteiger partial charge is 0.0429 e. The van der Waals surface area contributed by atoms with E-state index in [1.807, 2.05) is 0 Å². The van der Waals surface area contributed by atoms with Crippen LogP contribution in [0.25, 0.3) is 11.1 Å². The molecule has 0 aromatic heterocycles. The zero-order chi connectivity index (χ0) is 23.2. The summed E-state index contributed by atoms with van der Waals surface area (Å²) in [6.45, 7) is 0. The van der Waals surface area contributed by atoms with E-state index in [0.717, 1.165) is 41.2 Å². The molecule has 0 amide bonds. The van der Waals surface area contributed by atoms with Gasteiger partial charge in [0.15, 0.2) is 0 Å². The Labute approximate surface area is 212 Å². The molecule has 0 unspecified atom stereocenters. The lowest BCUT2D eigenvalue weighted by Crippen LogP contribution is -2.48. The number of nitrogen functional groups attached to an aromatic ring is 1. The molecular formula is C34H43N. The van der Waals surface area contributed by atoms with Gasteiger partial charge in [0.25, 0.3) is 0 Å². The van der Waals surface area contributed by atoms with Crippen LogP contribution in [-0.4, -0.2) is 0 Å². The minimum Gasteiger partial charge on any atom is -0.398 e. The number of hydrogen-bond donors (Lipinski definition) is 1. The quantitative estimate of drug-likeness (QED) is 0.440. The van der Waals surface area contributed by atoms with E-state index in [-0.39, 0.29) is 0 Å². The first-order valence-electron chi connectivity index (χ1n) is 15.0. The maximum Gasteiger partial charge on any atom is 0.0429 e. The van der Waals surface area contributed by atoms with Crippen LogP contribution in [0.15, 0.2) is 42.5 Å². The maximum absolute atomic E-state index is 7.21. The van der Waals surface area contributed by atoms with Crippen molar-refractivity contribution in [1.82, 2.24) is 0 Å². The molecular weight excluding hydrogens is 422 g/mol. The highest BCUT2D eigenvalue weighted by Crippen LogP contribution is 2.63. The molecule has 35 heavy (non-hydrogen) atoms. The molecule has 0 spiro atoms. The number of hydrogen-bond acceptors (Lipinski definition) is 1. The molecule has 8 fully saturated rings. The van der Waals surface area contributed by atoms with Crippen molar-refractivity contribution in [3.05, 3.63) is 53.6 Å². The normalized spacial score (nSPS) is 42.6. The lowest BCUT2D eigenvalue weighted by Gasteiger charge is -2.58. The van der Waals surface area contributed by atoms with Gasteiger partial charge in [-0.2, -0.15) is 0 Å². The van der Waals surface area contributed by atoms with Crippen molar-refractivity contribution >= 4 is 5.69 Å². The molecule has 2 N–H and O–H groups in total.